The Labute approximate surface area is 190 Å². The molecule has 0 radical (unpaired) electrons. The van der Waals surface area contributed by atoms with Crippen LogP contribution in [-0.2, 0) is 6.54 Å². The molecule has 9 nitrogen and oxygen atoms in total. The molecule has 0 aliphatic heterocycles. The van der Waals surface area contributed by atoms with Gasteiger partial charge in [-0.05, 0) is 66.6 Å². The highest BCUT2D eigenvalue weighted by molar-refractivity contribution is 6.12. The fourth-order valence-electron chi connectivity index (χ4n) is 3.80. The smallest absolute Gasteiger partial charge is 0.256 e. The summed E-state index contributed by atoms with van der Waals surface area (Å²) in [4.78, 5) is 17.8. The van der Waals surface area contributed by atoms with E-state index in [-0.39, 0.29) is 5.91 Å². The zero-order chi connectivity index (χ0) is 22.9. The minimum Gasteiger partial charge on any atom is -0.322 e. The number of benzene rings is 2. The third kappa shape index (κ3) is 4.08. The van der Waals surface area contributed by atoms with E-state index in [1.807, 2.05) is 36.7 Å². The summed E-state index contributed by atoms with van der Waals surface area (Å²) in [5.74, 6) is -0.213. The summed E-state index contributed by atoms with van der Waals surface area (Å²) in [7, 11) is 0. The number of nitrogens with zero attached hydrogens (tertiary/aromatic N) is 7. The summed E-state index contributed by atoms with van der Waals surface area (Å²) >= 11 is 0. The fraction of sp³-hybridized carbons (Fsp3) is 0.167. The van der Waals surface area contributed by atoms with E-state index >= 15 is 0 Å². The molecule has 3 heterocycles. The number of hydrogen-bond acceptors (Lipinski definition) is 6. The summed E-state index contributed by atoms with van der Waals surface area (Å²) in [6.07, 6.45) is 3.24. The molecular formula is C24H22N8O. The maximum atomic E-state index is 13.2. The molecule has 5 aromatic rings. The van der Waals surface area contributed by atoms with Gasteiger partial charge in [0, 0.05) is 11.4 Å². The van der Waals surface area contributed by atoms with Crippen molar-refractivity contribution in [3.8, 4) is 5.69 Å². The van der Waals surface area contributed by atoms with Crippen LogP contribution >= 0.6 is 0 Å². The number of aromatic nitrogens is 7. The second-order valence-electron chi connectivity index (χ2n) is 8.05. The molecule has 0 aliphatic rings. The zero-order valence-electron chi connectivity index (χ0n) is 18.5. The lowest BCUT2D eigenvalue weighted by molar-refractivity contribution is 0.102. The zero-order valence-corrected chi connectivity index (χ0v) is 18.5. The van der Waals surface area contributed by atoms with Crippen molar-refractivity contribution in [1.29, 1.82) is 0 Å². The van der Waals surface area contributed by atoms with Gasteiger partial charge in [-0.15, -0.1) is 5.10 Å². The van der Waals surface area contributed by atoms with Crippen LogP contribution in [0.3, 0.4) is 0 Å². The number of pyridine rings is 1. The first-order chi connectivity index (χ1) is 16.0. The van der Waals surface area contributed by atoms with Gasteiger partial charge in [0.15, 0.2) is 5.65 Å². The highest BCUT2D eigenvalue weighted by Crippen LogP contribution is 2.23. The van der Waals surface area contributed by atoms with Gasteiger partial charge in [-0.2, -0.15) is 5.10 Å². The van der Waals surface area contributed by atoms with Crippen molar-refractivity contribution >= 4 is 22.6 Å². The van der Waals surface area contributed by atoms with Gasteiger partial charge in [0.25, 0.3) is 5.91 Å². The first-order valence-electron chi connectivity index (χ1n) is 10.5. The van der Waals surface area contributed by atoms with Crippen LogP contribution in [-0.4, -0.2) is 40.9 Å². The Kier molecular flexibility index (Phi) is 5.14. The fourth-order valence-corrected chi connectivity index (χ4v) is 3.80. The molecule has 164 valence electrons. The third-order valence-corrected chi connectivity index (χ3v) is 5.49. The molecule has 0 atom stereocenters. The van der Waals surface area contributed by atoms with Crippen molar-refractivity contribution in [3.05, 3.63) is 89.0 Å². The normalized spacial score (nSPS) is 11.1. The maximum absolute atomic E-state index is 13.2. The topological polar surface area (TPSA) is 103 Å². The Morgan fingerprint density at radius 3 is 2.58 bits per heavy atom. The monoisotopic (exact) mass is 438 g/mol. The van der Waals surface area contributed by atoms with E-state index < -0.39 is 0 Å². The van der Waals surface area contributed by atoms with Crippen LogP contribution in [0.5, 0.6) is 0 Å². The van der Waals surface area contributed by atoms with Crippen LogP contribution < -0.4 is 5.32 Å². The largest absolute Gasteiger partial charge is 0.322 e. The number of amides is 1. The molecule has 0 spiro atoms. The Bertz CT molecular complexity index is 1450. The molecule has 0 unspecified atom stereocenters. The third-order valence-electron chi connectivity index (χ3n) is 5.49. The number of anilines is 1. The number of tetrazole rings is 1. The van der Waals surface area contributed by atoms with E-state index in [9.17, 15) is 4.79 Å². The summed E-state index contributed by atoms with van der Waals surface area (Å²) in [6, 6.07) is 15.7. The molecule has 0 saturated carbocycles. The predicted molar refractivity (Wildman–Crippen MR) is 124 cm³/mol. The lowest BCUT2D eigenvalue weighted by Crippen LogP contribution is -2.14. The Morgan fingerprint density at radius 2 is 1.85 bits per heavy atom. The Balaban J connectivity index is 1.43. The van der Waals surface area contributed by atoms with E-state index in [4.69, 9.17) is 0 Å². The second-order valence-corrected chi connectivity index (χ2v) is 8.05. The van der Waals surface area contributed by atoms with Crippen LogP contribution in [0.2, 0.25) is 0 Å². The summed E-state index contributed by atoms with van der Waals surface area (Å²) in [5, 5.41) is 19.5. The molecule has 1 N–H and O–H groups in total. The number of fused-ring (bicyclic) bond motifs is 1. The van der Waals surface area contributed by atoms with Crippen LogP contribution in [0, 0.1) is 20.8 Å². The number of aryl methyl sites for hydroxylation is 3. The van der Waals surface area contributed by atoms with Crippen molar-refractivity contribution < 1.29 is 4.79 Å². The number of carbonyl (C=O) groups excluding carboxylic acids is 1. The van der Waals surface area contributed by atoms with Gasteiger partial charge in [0.1, 0.15) is 6.33 Å². The Hall–Kier alpha value is -4.40. The summed E-state index contributed by atoms with van der Waals surface area (Å²) in [6.45, 7) is 6.46. The quantitative estimate of drug-likeness (QED) is 0.449. The van der Waals surface area contributed by atoms with Crippen molar-refractivity contribution in [1.82, 2.24) is 35.0 Å². The minimum absolute atomic E-state index is 0.213. The number of hydrogen-bond donors (Lipinski definition) is 1. The van der Waals surface area contributed by atoms with Gasteiger partial charge in [0.2, 0.25) is 0 Å². The molecular weight excluding hydrogens is 416 g/mol. The van der Waals surface area contributed by atoms with Crippen molar-refractivity contribution in [3.63, 3.8) is 0 Å². The van der Waals surface area contributed by atoms with Crippen molar-refractivity contribution in [2.45, 2.75) is 27.3 Å². The highest BCUT2D eigenvalue weighted by Gasteiger charge is 2.17. The molecule has 33 heavy (non-hydrogen) atoms. The van der Waals surface area contributed by atoms with Crippen LogP contribution in [0.25, 0.3) is 16.7 Å². The molecule has 2 aromatic carbocycles. The second kappa shape index (κ2) is 8.27. The van der Waals surface area contributed by atoms with Gasteiger partial charge < -0.3 is 5.32 Å². The van der Waals surface area contributed by atoms with Gasteiger partial charge in [-0.3, -0.25) is 4.79 Å². The minimum atomic E-state index is -0.213. The standard InChI is InChI=1S/C24H22N8O/c1-15-4-6-18(7-5-15)13-31-23-21(12-26-31)20(11-17(3)27-23)24(33)28-19-8-9-22(16(2)10-19)32-14-25-29-30-32/h4-12,14H,13H2,1-3H3,(H,28,33). The average Bonchev–Trinajstić information content (AvgIpc) is 3.46. The van der Waals surface area contributed by atoms with Crippen LogP contribution in [0.4, 0.5) is 5.69 Å². The molecule has 0 bridgehead atoms. The summed E-state index contributed by atoms with van der Waals surface area (Å²) < 4.78 is 3.41. The van der Waals surface area contributed by atoms with Gasteiger partial charge in [-0.25, -0.2) is 14.3 Å². The summed E-state index contributed by atoms with van der Waals surface area (Å²) in [5.41, 5.74) is 6.77. The van der Waals surface area contributed by atoms with Crippen molar-refractivity contribution in [2.24, 2.45) is 0 Å². The first kappa shape index (κ1) is 20.5. The van der Waals surface area contributed by atoms with Crippen LogP contribution in [0.1, 0.15) is 32.7 Å². The highest BCUT2D eigenvalue weighted by atomic mass is 16.1. The molecule has 5 rings (SSSR count). The number of rotatable bonds is 5. The molecule has 0 fully saturated rings. The van der Waals surface area contributed by atoms with Gasteiger partial charge in [0.05, 0.1) is 29.4 Å². The lowest BCUT2D eigenvalue weighted by Gasteiger charge is -2.11. The maximum Gasteiger partial charge on any atom is 0.256 e. The van der Waals surface area contributed by atoms with E-state index in [0.29, 0.717) is 28.8 Å². The van der Waals surface area contributed by atoms with E-state index in [0.717, 1.165) is 22.5 Å². The molecule has 9 heteroatoms. The lowest BCUT2D eigenvalue weighted by atomic mass is 10.1. The molecule has 0 saturated heterocycles. The molecule has 1 amide bonds. The number of carbonyl (C=O) groups is 1. The van der Waals surface area contributed by atoms with Gasteiger partial charge >= 0.3 is 0 Å². The first-order valence-corrected chi connectivity index (χ1v) is 10.5. The SMILES string of the molecule is Cc1ccc(Cn2ncc3c(C(=O)Nc4ccc(-n5cnnn5)c(C)c4)cc(C)nc32)cc1. The average molecular weight is 438 g/mol. The molecule has 0 aliphatic carbocycles. The van der Waals surface area contributed by atoms with E-state index in [2.05, 4.69) is 62.1 Å². The van der Waals surface area contributed by atoms with Gasteiger partial charge in [-0.1, -0.05) is 29.8 Å². The Morgan fingerprint density at radius 1 is 1.03 bits per heavy atom. The van der Waals surface area contributed by atoms with Crippen LogP contribution in [0.15, 0.2) is 61.1 Å². The van der Waals surface area contributed by atoms with E-state index in [1.54, 1.807) is 16.9 Å². The van der Waals surface area contributed by atoms with E-state index in [1.165, 1.54) is 11.9 Å². The van der Waals surface area contributed by atoms with Crippen molar-refractivity contribution in [2.75, 3.05) is 5.32 Å². The molecule has 3 aromatic heterocycles. The number of nitrogens with one attached hydrogen (secondary N) is 1. The predicted octanol–water partition coefficient (Wildman–Crippen LogP) is 3.63.